The molecule has 9 heteroatoms. The number of carbonyl (C=O) groups is 1. The first-order chi connectivity index (χ1) is 13.8. The van der Waals surface area contributed by atoms with Crippen molar-refractivity contribution in [3.63, 3.8) is 0 Å². The van der Waals surface area contributed by atoms with E-state index in [-0.39, 0.29) is 29.8 Å². The molecule has 0 unspecified atom stereocenters. The Morgan fingerprint density at radius 2 is 1.76 bits per heavy atom. The quantitative estimate of drug-likeness (QED) is 0.807. The lowest BCUT2D eigenvalue weighted by molar-refractivity contribution is -0.120. The number of benzene rings is 2. The molecule has 2 aromatic rings. The molecule has 0 radical (unpaired) electrons. The molecule has 0 aromatic heterocycles. The van der Waals surface area contributed by atoms with E-state index in [4.69, 9.17) is 5.26 Å². The van der Waals surface area contributed by atoms with Gasteiger partial charge in [0.1, 0.15) is 0 Å². The van der Waals surface area contributed by atoms with Crippen molar-refractivity contribution in [3.8, 4) is 6.07 Å². The summed E-state index contributed by atoms with van der Waals surface area (Å²) in [6, 6.07) is 11.5. The van der Waals surface area contributed by atoms with Gasteiger partial charge in [-0.25, -0.2) is 17.2 Å². The van der Waals surface area contributed by atoms with Crippen LogP contribution in [0.2, 0.25) is 0 Å². The van der Waals surface area contributed by atoms with Crippen molar-refractivity contribution >= 4 is 21.6 Å². The number of nitrogens with zero attached hydrogens (tertiary/aromatic N) is 2. The van der Waals surface area contributed by atoms with Crippen LogP contribution in [0.3, 0.4) is 0 Å². The minimum absolute atomic E-state index is 0.112. The number of rotatable bonds is 5. The summed E-state index contributed by atoms with van der Waals surface area (Å²) < 4.78 is 52.9. The molecule has 1 heterocycles. The fourth-order valence-corrected chi connectivity index (χ4v) is 4.67. The average molecular weight is 419 g/mol. The molecule has 0 aliphatic carbocycles. The molecule has 29 heavy (non-hydrogen) atoms. The van der Waals surface area contributed by atoms with Crippen molar-refractivity contribution in [1.29, 1.82) is 5.26 Å². The van der Waals surface area contributed by atoms with Gasteiger partial charge in [-0.15, -0.1) is 0 Å². The maximum Gasteiger partial charge on any atom is 0.243 e. The maximum absolute atomic E-state index is 13.4. The maximum atomic E-state index is 13.4. The second-order valence-corrected chi connectivity index (χ2v) is 8.71. The van der Waals surface area contributed by atoms with Gasteiger partial charge in [0.25, 0.3) is 0 Å². The minimum Gasteiger partial charge on any atom is -0.326 e. The van der Waals surface area contributed by atoms with Crippen molar-refractivity contribution < 1.29 is 22.0 Å². The smallest absolute Gasteiger partial charge is 0.243 e. The first-order valence-corrected chi connectivity index (χ1v) is 10.5. The highest BCUT2D eigenvalue weighted by atomic mass is 32.2. The van der Waals surface area contributed by atoms with Crippen LogP contribution >= 0.6 is 0 Å². The summed E-state index contributed by atoms with van der Waals surface area (Å²) in [5.74, 6) is -2.89. The number of nitrogens with one attached hydrogen (secondary N) is 1. The van der Waals surface area contributed by atoms with E-state index in [1.807, 2.05) is 6.07 Å². The largest absolute Gasteiger partial charge is 0.326 e. The third kappa shape index (κ3) is 4.78. The molecular weight excluding hydrogens is 400 g/mol. The molecule has 1 amide bonds. The van der Waals surface area contributed by atoms with Crippen molar-refractivity contribution in [1.82, 2.24) is 4.31 Å². The molecule has 1 aliphatic rings. The highest BCUT2D eigenvalue weighted by molar-refractivity contribution is 7.89. The number of amides is 1. The summed E-state index contributed by atoms with van der Waals surface area (Å²) in [6.07, 6.45) is 0.932. The molecule has 6 nitrogen and oxygen atoms in total. The van der Waals surface area contributed by atoms with Crippen molar-refractivity contribution in [2.45, 2.75) is 24.2 Å². The third-order valence-corrected chi connectivity index (χ3v) is 6.75. The van der Waals surface area contributed by atoms with Crippen LogP contribution in [0.1, 0.15) is 18.4 Å². The van der Waals surface area contributed by atoms with Gasteiger partial charge < -0.3 is 5.32 Å². The monoisotopic (exact) mass is 419 g/mol. The second-order valence-electron chi connectivity index (χ2n) is 6.78. The van der Waals surface area contributed by atoms with E-state index in [0.29, 0.717) is 31.0 Å². The number of hydrogen-bond acceptors (Lipinski definition) is 4. The Labute approximate surface area is 167 Å². The number of sulfonamides is 1. The van der Waals surface area contributed by atoms with Gasteiger partial charge >= 0.3 is 0 Å². The predicted molar refractivity (Wildman–Crippen MR) is 102 cm³/mol. The van der Waals surface area contributed by atoms with E-state index in [2.05, 4.69) is 5.32 Å². The van der Waals surface area contributed by atoms with E-state index < -0.39 is 21.7 Å². The van der Waals surface area contributed by atoms with E-state index in [0.717, 1.165) is 17.7 Å². The molecule has 0 spiro atoms. The van der Waals surface area contributed by atoms with E-state index in [1.165, 1.54) is 4.31 Å². The van der Waals surface area contributed by atoms with Crippen molar-refractivity contribution in [2.75, 3.05) is 18.4 Å². The van der Waals surface area contributed by atoms with Gasteiger partial charge in [0, 0.05) is 24.7 Å². The van der Waals surface area contributed by atoms with Crippen LogP contribution in [0.15, 0.2) is 47.4 Å². The Kier molecular flexibility index (Phi) is 6.25. The van der Waals surface area contributed by atoms with E-state index in [9.17, 15) is 22.0 Å². The Morgan fingerprint density at radius 1 is 1.10 bits per heavy atom. The fraction of sp³-hybridized carbons (Fsp3) is 0.300. The minimum atomic E-state index is -3.95. The van der Waals surface area contributed by atoms with Gasteiger partial charge in [-0.2, -0.15) is 9.57 Å². The summed E-state index contributed by atoms with van der Waals surface area (Å²) >= 11 is 0. The summed E-state index contributed by atoms with van der Waals surface area (Å²) in [5.41, 5.74) is 1.45. The zero-order valence-corrected chi connectivity index (χ0v) is 16.3. The number of hydrogen-bond donors (Lipinski definition) is 1. The standard InChI is InChI=1S/C20H19F2N3O3S/c21-18-6-5-17(13-19(18)22)29(27,28)25-11-8-15(9-12-25)20(26)24-16-3-1-14(2-4-16)7-10-23/h1-6,13,15H,7-9,11-12H2,(H,24,26). The first kappa shape index (κ1) is 20.9. The second kappa shape index (κ2) is 8.68. The van der Waals surface area contributed by atoms with Gasteiger partial charge in [0.15, 0.2) is 11.6 Å². The Morgan fingerprint density at radius 3 is 2.34 bits per heavy atom. The van der Waals surface area contributed by atoms with Crippen LogP contribution in [0.25, 0.3) is 0 Å². The van der Waals surface area contributed by atoms with Gasteiger partial charge in [0.2, 0.25) is 15.9 Å². The highest BCUT2D eigenvalue weighted by Crippen LogP contribution is 2.26. The fourth-order valence-electron chi connectivity index (χ4n) is 3.19. The van der Waals surface area contributed by atoms with Gasteiger partial charge in [-0.05, 0) is 48.7 Å². The first-order valence-electron chi connectivity index (χ1n) is 9.03. The van der Waals surface area contributed by atoms with Crippen LogP contribution in [0, 0.1) is 28.9 Å². The number of piperidine rings is 1. The summed E-state index contributed by atoms with van der Waals surface area (Å²) in [5, 5.41) is 11.5. The number of nitriles is 1. The van der Waals surface area contributed by atoms with E-state index >= 15 is 0 Å². The average Bonchev–Trinajstić information content (AvgIpc) is 2.71. The van der Waals surface area contributed by atoms with Crippen LogP contribution in [0.5, 0.6) is 0 Å². The number of halogens is 2. The molecule has 0 atom stereocenters. The SMILES string of the molecule is N#CCc1ccc(NC(=O)C2CCN(S(=O)(=O)c3ccc(F)c(F)c3)CC2)cc1. The number of carbonyl (C=O) groups excluding carboxylic acids is 1. The normalized spacial score (nSPS) is 15.6. The lowest BCUT2D eigenvalue weighted by Gasteiger charge is -2.30. The molecule has 1 aliphatic heterocycles. The molecule has 2 aromatic carbocycles. The summed E-state index contributed by atoms with van der Waals surface area (Å²) in [7, 11) is -3.95. The van der Waals surface area contributed by atoms with Crippen LogP contribution in [-0.2, 0) is 21.2 Å². The molecule has 152 valence electrons. The Hall–Kier alpha value is -2.83. The topological polar surface area (TPSA) is 90.3 Å². The third-order valence-electron chi connectivity index (χ3n) is 4.86. The van der Waals surface area contributed by atoms with Gasteiger partial charge in [0.05, 0.1) is 17.4 Å². The van der Waals surface area contributed by atoms with Gasteiger partial charge in [-0.3, -0.25) is 4.79 Å². The molecule has 1 saturated heterocycles. The highest BCUT2D eigenvalue weighted by Gasteiger charge is 2.32. The molecule has 0 bridgehead atoms. The Bertz CT molecular complexity index is 1040. The predicted octanol–water partition coefficient (Wildman–Crippen LogP) is 3.07. The lowest BCUT2D eigenvalue weighted by atomic mass is 9.97. The molecule has 0 saturated carbocycles. The number of anilines is 1. The zero-order chi connectivity index (χ0) is 21.0. The van der Waals surface area contributed by atoms with Crippen molar-refractivity contribution in [2.24, 2.45) is 5.92 Å². The van der Waals surface area contributed by atoms with Crippen LogP contribution < -0.4 is 5.32 Å². The van der Waals surface area contributed by atoms with E-state index in [1.54, 1.807) is 24.3 Å². The zero-order valence-electron chi connectivity index (χ0n) is 15.4. The molecule has 1 fully saturated rings. The van der Waals surface area contributed by atoms with Gasteiger partial charge in [-0.1, -0.05) is 12.1 Å². The van der Waals surface area contributed by atoms with Crippen molar-refractivity contribution in [3.05, 3.63) is 59.7 Å². The molecule has 1 N–H and O–H groups in total. The van der Waals surface area contributed by atoms with Crippen LogP contribution in [-0.4, -0.2) is 31.7 Å². The Balaban J connectivity index is 1.60. The summed E-state index contributed by atoms with van der Waals surface area (Å²) in [4.78, 5) is 12.2. The molecule has 3 rings (SSSR count). The van der Waals surface area contributed by atoms with Crippen LogP contribution in [0.4, 0.5) is 14.5 Å². The summed E-state index contributed by atoms with van der Waals surface area (Å²) in [6.45, 7) is 0.223. The lowest BCUT2D eigenvalue weighted by Crippen LogP contribution is -2.41. The molecular formula is C20H19F2N3O3S.